The number of nitrogens with zero attached hydrogens (tertiary/aromatic N) is 2. The normalized spacial score (nSPS) is 23.0. The van der Waals surface area contributed by atoms with Gasteiger partial charge in [0.05, 0.1) is 6.54 Å². The molecule has 2 rings (SSSR count). The molecule has 2 unspecified atom stereocenters. The van der Waals surface area contributed by atoms with Gasteiger partial charge in [-0.1, -0.05) is 27.7 Å². The third-order valence-corrected chi connectivity index (χ3v) is 4.44. The lowest BCUT2D eigenvalue weighted by Gasteiger charge is -2.40. The first-order chi connectivity index (χ1) is 9.90. The van der Waals surface area contributed by atoms with E-state index in [1.165, 1.54) is 11.3 Å². The van der Waals surface area contributed by atoms with Gasteiger partial charge in [0, 0.05) is 11.6 Å². The largest absolute Gasteiger partial charge is 0.342 e. The van der Waals surface area contributed by atoms with Gasteiger partial charge in [0.2, 0.25) is 11.8 Å². The van der Waals surface area contributed by atoms with Crippen LogP contribution in [0.2, 0.25) is 0 Å². The molecular weight excluding hydrogens is 286 g/mol. The minimum Gasteiger partial charge on any atom is -0.342 e. The fourth-order valence-corrected chi connectivity index (χ4v) is 3.20. The highest BCUT2D eigenvalue weighted by Gasteiger charge is 2.41. The van der Waals surface area contributed by atoms with Crippen LogP contribution in [0.1, 0.15) is 39.1 Å². The fourth-order valence-electron chi connectivity index (χ4n) is 2.58. The summed E-state index contributed by atoms with van der Waals surface area (Å²) >= 11 is 1.51. The molecule has 1 saturated heterocycles. The molecule has 1 aliphatic heterocycles. The number of hydrogen-bond acceptors (Lipinski definition) is 4. The Hall–Kier alpha value is -1.43. The smallest absolute Gasteiger partial charge is 0.246 e. The zero-order valence-corrected chi connectivity index (χ0v) is 13.8. The third kappa shape index (κ3) is 3.61. The molecule has 1 aliphatic rings. The van der Waals surface area contributed by atoms with Gasteiger partial charge in [-0.15, -0.1) is 11.3 Å². The van der Waals surface area contributed by atoms with Gasteiger partial charge < -0.3 is 10.2 Å². The van der Waals surface area contributed by atoms with E-state index >= 15 is 0 Å². The van der Waals surface area contributed by atoms with Crippen molar-refractivity contribution in [2.24, 2.45) is 11.8 Å². The summed E-state index contributed by atoms with van der Waals surface area (Å²) in [5.41, 5.74) is 0. The number of aromatic nitrogens is 1. The number of piperazine rings is 1. The summed E-state index contributed by atoms with van der Waals surface area (Å²) < 4.78 is 0. The van der Waals surface area contributed by atoms with Crippen molar-refractivity contribution >= 4 is 23.2 Å². The van der Waals surface area contributed by atoms with Crippen LogP contribution in [0.5, 0.6) is 0 Å². The minimum absolute atomic E-state index is 0.00505. The second-order valence-corrected chi connectivity index (χ2v) is 7.25. The van der Waals surface area contributed by atoms with Crippen LogP contribution in [0.3, 0.4) is 0 Å². The molecule has 1 aromatic heterocycles. The van der Waals surface area contributed by atoms with Crippen LogP contribution >= 0.6 is 11.3 Å². The van der Waals surface area contributed by atoms with Gasteiger partial charge in [-0.3, -0.25) is 9.59 Å². The summed E-state index contributed by atoms with van der Waals surface area (Å²) in [4.78, 5) is 31.1. The van der Waals surface area contributed by atoms with Crippen molar-refractivity contribution in [2.75, 3.05) is 0 Å². The SMILES string of the molecule is CC(C)CC1C(=O)NC(C(C)C)C(=O)N1Cc1nccs1. The number of nitrogens with one attached hydrogen (secondary N) is 1. The van der Waals surface area contributed by atoms with E-state index in [2.05, 4.69) is 24.1 Å². The lowest BCUT2D eigenvalue weighted by molar-refractivity contribution is -0.152. The van der Waals surface area contributed by atoms with Gasteiger partial charge in [0.25, 0.3) is 0 Å². The van der Waals surface area contributed by atoms with Crippen LogP contribution < -0.4 is 5.32 Å². The number of thiazole rings is 1. The summed E-state index contributed by atoms with van der Waals surface area (Å²) in [6.07, 6.45) is 2.40. The summed E-state index contributed by atoms with van der Waals surface area (Å²) in [6.45, 7) is 8.45. The highest BCUT2D eigenvalue weighted by molar-refractivity contribution is 7.09. The van der Waals surface area contributed by atoms with Crippen molar-refractivity contribution in [3.63, 3.8) is 0 Å². The Labute approximate surface area is 129 Å². The van der Waals surface area contributed by atoms with Gasteiger partial charge in [-0.05, 0) is 18.3 Å². The molecule has 5 nitrogen and oxygen atoms in total. The van der Waals surface area contributed by atoms with E-state index in [-0.39, 0.29) is 17.7 Å². The molecule has 0 aromatic carbocycles. The first kappa shape index (κ1) is 15.9. The fraction of sp³-hybridized carbons (Fsp3) is 0.667. The van der Waals surface area contributed by atoms with Gasteiger partial charge in [0.15, 0.2) is 0 Å². The molecule has 0 saturated carbocycles. The maximum absolute atomic E-state index is 12.7. The van der Waals surface area contributed by atoms with Crippen LogP contribution in [0, 0.1) is 11.8 Å². The number of rotatable bonds is 5. The molecule has 116 valence electrons. The molecule has 2 amide bonds. The number of amides is 2. The molecule has 0 bridgehead atoms. The van der Waals surface area contributed by atoms with Crippen LogP contribution in [-0.4, -0.2) is 33.8 Å². The van der Waals surface area contributed by atoms with Crippen LogP contribution in [0.15, 0.2) is 11.6 Å². The van der Waals surface area contributed by atoms with Crippen LogP contribution in [0.4, 0.5) is 0 Å². The third-order valence-electron chi connectivity index (χ3n) is 3.68. The van der Waals surface area contributed by atoms with Gasteiger partial charge in [-0.2, -0.15) is 0 Å². The van der Waals surface area contributed by atoms with Gasteiger partial charge in [-0.25, -0.2) is 4.98 Å². The lowest BCUT2D eigenvalue weighted by Crippen LogP contribution is -2.64. The summed E-state index contributed by atoms with van der Waals surface area (Å²) in [6, 6.07) is -0.822. The van der Waals surface area contributed by atoms with E-state index in [0.29, 0.717) is 18.9 Å². The maximum atomic E-state index is 12.7. The molecular formula is C15H23N3O2S. The molecule has 6 heteroatoms. The van der Waals surface area contributed by atoms with Gasteiger partial charge in [0.1, 0.15) is 17.1 Å². The van der Waals surface area contributed by atoms with Crippen LogP contribution in [-0.2, 0) is 16.1 Å². The summed E-state index contributed by atoms with van der Waals surface area (Å²) in [7, 11) is 0. The van der Waals surface area contributed by atoms with Crippen molar-refractivity contribution in [2.45, 2.75) is 52.7 Å². The maximum Gasteiger partial charge on any atom is 0.246 e. The topological polar surface area (TPSA) is 62.3 Å². The molecule has 0 spiro atoms. The average molecular weight is 309 g/mol. The Balaban J connectivity index is 2.25. The Bertz CT molecular complexity index is 499. The van der Waals surface area contributed by atoms with Gasteiger partial charge >= 0.3 is 0 Å². The lowest BCUT2D eigenvalue weighted by atomic mass is 9.94. The number of carbonyl (C=O) groups excluding carboxylic acids is 2. The number of carbonyl (C=O) groups is 2. The highest BCUT2D eigenvalue weighted by atomic mass is 32.1. The Morgan fingerprint density at radius 1 is 1.33 bits per heavy atom. The first-order valence-electron chi connectivity index (χ1n) is 7.39. The molecule has 0 aliphatic carbocycles. The van der Waals surface area contributed by atoms with Crippen LogP contribution in [0.25, 0.3) is 0 Å². The number of hydrogen-bond donors (Lipinski definition) is 1. The van der Waals surface area contributed by atoms with Crippen molar-refractivity contribution in [1.82, 2.24) is 15.2 Å². The van der Waals surface area contributed by atoms with E-state index in [0.717, 1.165) is 5.01 Å². The first-order valence-corrected chi connectivity index (χ1v) is 8.27. The van der Waals surface area contributed by atoms with Crippen molar-refractivity contribution in [3.8, 4) is 0 Å². The average Bonchev–Trinajstić information content (AvgIpc) is 2.89. The second-order valence-electron chi connectivity index (χ2n) is 6.27. The van der Waals surface area contributed by atoms with E-state index < -0.39 is 12.1 Å². The predicted octanol–water partition coefficient (Wildman–Crippen LogP) is 2.04. The molecule has 1 aromatic rings. The molecule has 1 N–H and O–H groups in total. The molecule has 2 heterocycles. The summed E-state index contributed by atoms with van der Waals surface area (Å²) in [5, 5.41) is 5.64. The van der Waals surface area contributed by atoms with Crippen molar-refractivity contribution < 1.29 is 9.59 Å². The zero-order chi connectivity index (χ0) is 15.6. The molecule has 2 atom stereocenters. The van der Waals surface area contributed by atoms with E-state index in [9.17, 15) is 9.59 Å². The van der Waals surface area contributed by atoms with E-state index in [4.69, 9.17) is 0 Å². The Morgan fingerprint density at radius 3 is 2.57 bits per heavy atom. The second kappa shape index (κ2) is 6.56. The Morgan fingerprint density at radius 2 is 2.05 bits per heavy atom. The quantitative estimate of drug-likeness (QED) is 0.905. The minimum atomic E-state index is -0.430. The van der Waals surface area contributed by atoms with Crippen molar-refractivity contribution in [1.29, 1.82) is 0 Å². The van der Waals surface area contributed by atoms with E-state index in [1.54, 1.807) is 11.1 Å². The molecule has 21 heavy (non-hydrogen) atoms. The highest BCUT2D eigenvalue weighted by Crippen LogP contribution is 2.23. The monoisotopic (exact) mass is 309 g/mol. The van der Waals surface area contributed by atoms with Crippen molar-refractivity contribution in [3.05, 3.63) is 16.6 Å². The molecule has 0 radical (unpaired) electrons. The Kier molecular flexibility index (Phi) is 4.98. The predicted molar refractivity (Wildman–Crippen MR) is 82.7 cm³/mol. The van der Waals surface area contributed by atoms with E-state index in [1.807, 2.05) is 19.2 Å². The standard InChI is InChI=1S/C15H23N3O2S/c1-9(2)7-11-14(19)17-13(10(3)4)15(20)18(11)8-12-16-5-6-21-12/h5-6,9-11,13H,7-8H2,1-4H3,(H,17,19). The zero-order valence-electron chi connectivity index (χ0n) is 13.0. The molecule has 1 fully saturated rings. The summed E-state index contributed by atoms with van der Waals surface area (Å²) in [5.74, 6) is 0.396.